The van der Waals surface area contributed by atoms with Crippen LogP contribution >= 0.6 is 0 Å². The number of hydrogen-bond donors (Lipinski definition) is 1. The Hall–Kier alpha value is -2.73. The minimum atomic E-state index is 0.0791. The number of rotatable bonds is 4. The Bertz CT molecular complexity index is 986. The Morgan fingerprint density at radius 2 is 1.86 bits per heavy atom. The van der Waals surface area contributed by atoms with Crippen LogP contribution in [-0.2, 0) is 11.8 Å². The van der Waals surface area contributed by atoms with Crippen molar-refractivity contribution in [2.45, 2.75) is 31.7 Å². The van der Waals surface area contributed by atoms with Gasteiger partial charge in [0.25, 0.3) is 0 Å². The van der Waals surface area contributed by atoms with Crippen LogP contribution < -0.4 is 5.32 Å². The second-order valence-electron chi connectivity index (χ2n) is 7.99. The lowest BCUT2D eigenvalue weighted by Gasteiger charge is -2.31. The van der Waals surface area contributed by atoms with Crippen molar-refractivity contribution in [2.24, 2.45) is 13.0 Å². The van der Waals surface area contributed by atoms with Crippen molar-refractivity contribution < 1.29 is 4.79 Å². The number of pyridine rings is 1. The summed E-state index contributed by atoms with van der Waals surface area (Å²) in [4.78, 5) is 19.4. The van der Waals surface area contributed by atoms with Crippen LogP contribution in [0, 0.1) is 5.92 Å². The van der Waals surface area contributed by atoms with Gasteiger partial charge in [-0.3, -0.25) is 9.48 Å². The van der Waals surface area contributed by atoms with Gasteiger partial charge >= 0.3 is 0 Å². The molecule has 28 heavy (non-hydrogen) atoms. The molecule has 6 nitrogen and oxygen atoms in total. The summed E-state index contributed by atoms with van der Waals surface area (Å²) in [7, 11) is 6.14. The highest BCUT2D eigenvalue weighted by molar-refractivity contribution is 5.95. The number of aromatic nitrogens is 3. The molecule has 6 heteroatoms. The zero-order valence-corrected chi connectivity index (χ0v) is 16.7. The van der Waals surface area contributed by atoms with Gasteiger partial charge < -0.3 is 10.2 Å². The van der Waals surface area contributed by atoms with Gasteiger partial charge in [0.2, 0.25) is 5.91 Å². The van der Waals surface area contributed by atoms with E-state index >= 15 is 0 Å². The highest BCUT2D eigenvalue weighted by Crippen LogP contribution is 2.28. The van der Waals surface area contributed by atoms with Crippen molar-refractivity contribution in [3.8, 4) is 11.1 Å². The maximum Gasteiger partial charge on any atom is 0.228 e. The predicted molar refractivity (Wildman–Crippen MR) is 112 cm³/mol. The fourth-order valence-corrected chi connectivity index (χ4v) is 4.04. The molecule has 146 valence electrons. The quantitative estimate of drug-likeness (QED) is 0.753. The monoisotopic (exact) mass is 377 g/mol. The number of carbonyl (C=O) groups excluding carboxylic acids is 1. The second kappa shape index (κ2) is 7.72. The van der Waals surface area contributed by atoms with Crippen LogP contribution in [0.1, 0.15) is 25.7 Å². The van der Waals surface area contributed by atoms with E-state index in [2.05, 4.69) is 52.6 Å². The molecule has 0 aliphatic heterocycles. The van der Waals surface area contributed by atoms with Crippen LogP contribution in [0.4, 0.5) is 5.82 Å². The molecule has 2 aromatic heterocycles. The van der Waals surface area contributed by atoms with E-state index in [-0.39, 0.29) is 11.8 Å². The lowest BCUT2D eigenvalue weighted by atomic mass is 9.85. The molecule has 0 saturated heterocycles. The summed E-state index contributed by atoms with van der Waals surface area (Å²) in [6, 6.07) is 8.79. The summed E-state index contributed by atoms with van der Waals surface area (Å²) in [5.41, 5.74) is 2.18. The van der Waals surface area contributed by atoms with Crippen molar-refractivity contribution in [1.82, 2.24) is 19.7 Å². The van der Waals surface area contributed by atoms with Gasteiger partial charge in [-0.1, -0.05) is 12.1 Å². The molecule has 0 bridgehead atoms. The van der Waals surface area contributed by atoms with Gasteiger partial charge in [0.05, 0.1) is 6.20 Å². The van der Waals surface area contributed by atoms with E-state index in [1.807, 2.05) is 31.7 Å². The fraction of sp³-hybridized carbons (Fsp3) is 0.409. The molecule has 3 aromatic rings. The molecule has 0 atom stereocenters. The van der Waals surface area contributed by atoms with Crippen molar-refractivity contribution >= 4 is 22.5 Å². The van der Waals surface area contributed by atoms with Crippen molar-refractivity contribution in [2.75, 3.05) is 19.4 Å². The number of amides is 1. The molecule has 2 heterocycles. The van der Waals surface area contributed by atoms with Gasteiger partial charge in [0.15, 0.2) is 0 Å². The van der Waals surface area contributed by atoms with Crippen molar-refractivity contribution in [1.29, 1.82) is 0 Å². The number of hydrogen-bond acceptors (Lipinski definition) is 4. The molecular weight excluding hydrogens is 350 g/mol. The summed E-state index contributed by atoms with van der Waals surface area (Å²) in [5.74, 6) is 0.790. The number of nitrogens with zero attached hydrogens (tertiary/aromatic N) is 4. The lowest BCUT2D eigenvalue weighted by molar-refractivity contribution is -0.121. The van der Waals surface area contributed by atoms with E-state index in [0.29, 0.717) is 11.9 Å². The summed E-state index contributed by atoms with van der Waals surface area (Å²) in [5, 5.41) is 9.38. The Labute approximate surface area is 165 Å². The Kier molecular flexibility index (Phi) is 5.13. The average Bonchev–Trinajstić information content (AvgIpc) is 3.14. The topological polar surface area (TPSA) is 63.1 Å². The van der Waals surface area contributed by atoms with Crippen LogP contribution in [-0.4, -0.2) is 45.7 Å². The average molecular weight is 377 g/mol. The minimum absolute atomic E-state index is 0.0791. The number of carbonyl (C=O) groups is 1. The molecule has 1 aromatic carbocycles. The SMILES string of the molecule is CN(C)C1CCC(C(=O)Nc2cc3cc(-c4cnn(C)c4)ccc3cn2)CC1. The Morgan fingerprint density at radius 1 is 1.07 bits per heavy atom. The molecule has 1 saturated carbocycles. The summed E-state index contributed by atoms with van der Waals surface area (Å²) < 4.78 is 1.79. The van der Waals surface area contributed by atoms with Gasteiger partial charge in [0.1, 0.15) is 5.82 Å². The summed E-state index contributed by atoms with van der Waals surface area (Å²) in [6.45, 7) is 0. The first-order valence-electron chi connectivity index (χ1n) is 9.86. The summed E-state index contributed by atoms with van der Waals surface area (Å²) >= 11 is 0. The van der Waals surface area contributed by atoms with Gasteiger partial charge in [0, 0.05) is 42.4 Å². The zero-order valence-electron chi connectivity index (χ0n) is 16.7. The third kappa shape index (κ3) is 3.92. The Morgan fingerprint density at radius 3 is 2.54 bits per heavy atom. The van der Waals surface area contributed by atoms with E-state index in [9.17, 15) is 4.79 Å². The van der Waals surface area contributed by atoms with E-state index in [1.54, 1.807) is 4.68 Å². The maximum atomic E-state index is 12.7. The number of fused-ring (bicyclic) bond motifs is 1. The third-order valence-electron chi connectivity index (χ3n) is 5.81. The molecule has 1 fully saturated rings. The number of anilines is 1. The van der Waals surface area contributed by atoms with E-state index < -0.39 is 0 Å². The molecule has 1 amide bonds. The van der Waals surface area contributed by atoms with E-state index in [1.165, 1.54) is 0 Å². The van der Waals surface area contributed by atoms with Crippen LogP contribution in [0.15, 0.2) is 42.9 Å². The van der Waals surface area contributed by atoms with Gasteiger partial charge in [-0.15, -0.1) is 0 Å². The van der Waals surface area contributed by atoms with Crippen LogP contribution in [0.2, 0.25) is 0 Å². The normalized spacial score (nSPS) is 19.9. The lowest BCUT2D eigenvalue weighted by Crippen LogP contribution is -2.35. The maximum absolute atomic E-state index is 12.7. The van der Waals surface area contributed by atoms with Gasteiger partial charge in [-0.2, -0.15) is 5.10 Å². The largest absolute Gasteiger partial charge is 0.310 e. The molecule has 0 unspecified atom stereocenters. The number of nitrogens with one attached hydrogen (secondary N) is 1. The Balaban J connectivity index is 1.49. The molecule has 0 spiro atoms. The minimum Gasteiger partial charge on any atom is -0.310 e. The molecule has 0 radical (unpaired) electrons. The zero-order chi connectivity index (χ0) is 19.7. The third-order valence-corrected chi connectivity index (χ3v) is 5.81. The van der Waals surface area contributed by atoms with Crippen LogP contribution in [0.3, 0.4) is 0 Å². The van der Waals surface area contributed by atoms with Crippen molar-refractivity contribution in [3.05, 3.63) is 42.9 Å². The van der Waals surface area contributed by atoms with E-state index in [0.717, 1.165) is 47.6 Å². The molecular formula is C22H27N5O. The molecule has 1 aliphatic rings. The first-order valence-corrected chi connectivity index (χ1v) is 9.86. The van der Waals surface area contributed by atoms with Crippen molar-refractivity contribution in [3.63, 3.8) is 0 Å². The van der Waals surface area contributed by atoms with E-state index in [4.69, 9.17) is 0 Å². The van der Waals surface area contributed by atoms with Gasteiger partial charge in [-0.05, 0) is 62.9 Å². The van der Waals surface area contributed by atoms with Crippen LogP contribution in [0.25, 0.3) is 21.9 Å². The number of benzene rings is 1. The second-order valence-corrected chi connectivity index (χ2v) is 7.99. The standard InChI is InChI=1S/C22H27N5O/c1-26(2)20-8-6-15(7-9-20)22(28)25-21-11-18-10-16(4-5-17(18)12-23-21)19-13-24-27(3)14-19/h4-5,10-15,20H,6-9H2,1-3H3,(H,23,25,28). The van der Waals surface area contributed by atoms with Crippen LogP contribution in [0.5, 0.6) is 0 Å². The van der Waals surface area contributed by atoms with Gasteiger partial charge in [-0.25, -0.2) is 4.98 Å². The highest BCUT2D eigenvalue weighted by Gasteiger charge is 2.27. The predicted octanol–water partition coefficient (Wildman–Crippen LogP) is 3.69. The fourth-order valence-electron chi connectivity index (χ4n) is 4.04. The molecule has 4 rings (SSSR count). The molecule has 1 aliphatic carbocycles. The smallest absolute Gasteiger partial charge is 0.228 e. The summed E-state index contributed by atoms with van der Waals surface area (Å²) in [6.07, 6.45) is 9.70. The highest BCUT2D eigenvalue weighted by atomic mass is 16.1. The first kappa shape index (κ1) is 18.6. The first-order chi connectivity index (χ1) is 13.5. The number of aryl methyl sites for hydroxylation is 1. The molecule has 1 N–H and O–H groups in total.